The fourth-order valence-corrected chi connectivity index (χ4v) is 6.40. The molecule has 0 spiro atoms. The van der Waals surface area contributed by atoms with Crippen LogP contribution >= 0.6 is 0 Å². The van der Waals surface area contributed by atoms with Gasteiger partial charge in [0.1, 0.15) is 4.90 Å². The maximum atomic E-state index is 13.8. The third kappa shape index (κ3) is 6.54. The van der Waals surface area contributed by atoms with Gasteiger partial charge in [-0.05, 0) is 34.4 Å². The quantitative estimate of drug-likeness (QED) is 0.186. The Kier molecular flexibility index (Phi) is 9.55. The summed E-state index contributed by atoms with van der Waals surface area (Å²) in [5.74, 6) is -0.209. The summed E-state index contributed by atoms with van der Waals surface area (Å²) in [7, 11) is -4.11. The Morgan fingerprint density at radius 2 is 1.21 bits per heavy atom. The summed E-state index contributed by atoms with van der Waals surface area (Å²) in [6, 6.07) is 22.7. The van der Waals surface area contributed by atoms with Crippen LogP contribution in [0, 0.1) is 0 Å². The molecule has 0 aliphatic heterocycles. The smallest absolute Gasteiger partial charge is 0.303 e. The van der Waals surface area contributed by atoms with E-state index < -0.39 is 21.7 Å². The van der Waals surface area contributed by atoms with Crippen LogP contribution in [-0.4, -0.2) is 21.0 Å². The Labute approximate surface area is 228 Å². The molecular weight excluding hydrogens is 496 g/mol. The van der Waals surface area contributed by atoms with Crippen LogP contribution in [-0.2, 0) is 29.4 Å². The van der Waals surface area contributed by atoms with E-state index in [4.69, 9.17) is 8.92 Å². The number of ether oxygens (including phenoxy) is 1. The van der Waals surface area contributed by atoms with Crippen LogP contribution in [0.25, 0.3) is 0 Å². The highest BCUT2D eigenvalue weighted by molar-refractivity contribution is 7.86. The van der Waals surface area contributed by atoms with Gasteiger partial charge in [0.25, 0.3) is 10.1 Å². The fraction of sp³-hybridized carbons (Fsp3) is 0.406. The summed E-state index contributed by atoms with van der Waals surface area (Å²) in [5.41, 5.74) is 2.92. The van der Waals surface area contributed by atoms with Gasteiger partial charge >= 0.3 is 5.97 Å². The van der Waals surface area contributed by atoms with Crippen molar-refractivity contribution in [2.45, 2.75) is 83.1 Å². The zero-order valence-corrected chi connectivity index (χ0v) is 24.3. The predicted molar refractivity (Wildman–Crippen MR) is 152 cm³/mol. The van der Waals surface area contributed by atoms with Gasteiger partial charge in [-0.3, -0.25) is 8.98 Å². The van der Waals surface area contributed by atoms with Crippen molar-refractivity contribution in [1.82, 2.24) is 0 Å². The van der Waals surface area contributed by atoms with Crippen LogP contribution in [0.5, 0.6) is 0 Å². The summed E-state index contributed by atoms with van der Waals surface area (Å²) in [4.78, 5) is 12.6. The maximum Gasteiger partial charge on any atom is 0.303 e. The Morgan fingerprint density at radius 1 is 0.763 bits per heavy atom. The van der Waals surface area contributed by atoms with Crippen LogP contribution in [0.2, 0.25) is 0 Å². The topological polar surface area (TPSA) is 69.7 Å². The summed E-state index contributed by atoms with van der Waals surface area (Å²) >= 11 is 0. The number of benzene rings is 3. The molecule has 0 bridgehead atoms. The molecule has 3 aromatic rings. The number of hydrogen-bond donors (Lipinski definition) is 0. The van der Waals surface area contributed by atoms with Crippen LogP contribution in [0.4, 0.5) is 0 Å². The lowest BCUT2D eigenvalue weighted by atomic mass is 9.83. The van der Waals surface area contributed by atoms with Gasteiger partial charge in [0.2, 0.25) is 0 Å². The second kappa shape index (κ2) is 12.3. The molecule has 0 atom stereocenters. The first-order valence-corrected chi connectivity index (χ1v) is 14.7. The molecule has 0 amide bonds. The van der Waals surface area contributed by atoms with Crippen LogP contribution in [0.3, 0.4) is 0 Å². The molecule has 0 saturated heterocycles. The molecule has 0 aliphatic rings. The molecule has 204 valence electrons. The van der Waals surface area contributed by atoms with Gasteiger partial charge in [-0.1, -0.05) is 114 Å². The van der Waals surface area contributed by atoms with Crippen molar-refractivity contribution < 1.29 is 22.1 Å². The minimum Gasteiger partial charge on any atom is -0.449 e. The Morgan fingerprint density at radius 3 is 1.58 bits per heavy atom. The van der Waals surface area contributed by atoms with E-state index in [1.54, 1.807) is 0 Å². The Balaban J connectivity index is 2.06. The van der Waals surface area contributed by atoms with Crippen molar-refractivity contribution in [3.05, 3.63) is 101 Å². The minimum atomic E-state index is -4.11. The highest BCUT2D eigenvalue weighted by Crippen LogP contribution is 2.39. The lowest BCUT2D eigenvalue weighted by Crippen LogP contribution is -2.35. The summed E-state index contributed by atoms with van der Waals surface area (Å²) in [5, 5.41) is 0. The molecule has 0 aromatic heterocycles. The van der Waals surface area contributed by atoms with E-state index in [1.165, 1.54) is 6.92 Å². The first kappa shape index (κ1) is 29.6. The molecule has 38 heavy (non-hydrogen) atoms. The van der Waals surface area contributed by atoms with Crippen molar-refractivity contribution in [3.63, 3.8) is 0 Å². The van der Waals surface area contributed by atoms with Gasteiger partial charge in [0, 0.05) is 24.5 Å². The highest BCUT2D eigenvalue weighted by Gasteiger charge is 2.38. The largest absolute Gasteiger partial charge is 0.449 e. The van der Waals surface area contributed by atoms with Crippen LogP contribution < -0.4 is 0 Å². The Bertz CT molecular complexity index is 1260. The van der Waals surface area contributed by atoms with E-state index >= 15 is 0 Å². The third-order valence-electron chi connectivity index (χ3n) is 6.82. The predicted octanol–water partition coefficient (Wildman–Crippen LogP) is 7.66. The molecule has 0 saturated carbocycles. The normalized spacial score (nSPS) is 12.4. The zero-order chi connectivity index (χ0) is 28.1. The molecular formula is C32H40O5S. The third-order valence-corrected chi connectivity index (χ3v) is 8.27. The second-order valence-electron chi connectivity index (χ2n) is 10.7. The van der Waals surface area contributed by atoms with Crippen molar-refractivity contribution >= 4 is 16.1 Å². The Hall–Kier alpha value is -2.96. The molecule has 0 radical (unpaired) electrons. The zero-order valence-electron chi connectivity index (χ0n) is 23.5. The van der Waals surface area contributed by atoms with Crippen molar-refractivity contribution in [2.24, 2.45) is 0 Å². The second-order valence-corrected chi connectivity index (χ2v) is 12.2. The highest BCUT2D eigenvalue weighted by atomic mass is 32.2. The van der Waals surface area contributed by atoms with E-state index in [2.05, 4.69) is 13.8 Å². The average molecular weight is 537 g/mol. The fourth-order valence-electron chi connectivity index (χ4n) is 4.82. The molecule has 0 fully saturated rings. The number of carbonyl (C=O) groups excluding carboxylic acids is 1. The van der Waals surface area contributed by atoms with Crippen molar-refractivity contribution in [1.29, 1.82) is 0 Å². The van der Waals surface area contributed by atoms with Gasteiger partial charge in [0.05, 0.1) is 6.61 Å². The van der Waals surface area contributed by atoms with Crippen LogP contribution in [0.15, 0.2) is 77.7 Å². The number of esters is 1. The van der Waals surface area contributed by atoms with Crippen LogP contribution in [0.1, 0.15) is 100 Å². The lowest BCUT2D eigenvalue weighted by molar-refractivity contribution is -0.155. The SMILES string of the molecule is CC(=O)OC(CCOS(=O)(=O)c1c(C(C)C)cc(C(C)C)cc1C(C)C)(c1ccccc1)c1ccccc1. The molecule has 0 heterocycles. The van der Waals surface area contributed by atoms with Gasteiger partial charge in [0.15, 0.2) is 5.60 Å². The van der Waals surface area contributed by atoms with E-state index in [0.717, 1.165) is 27.8 Å². The summed E-state index contributed by atoms with van der Waals surface area (Å²) in [6.45, 7) is 13.4. The monoisotopic (exact) mass is 536 g/mol. The van der Waals surface area contributed by atoms with Crippen molar-refractivity contribution in [3.8, 4) is 0 Å². The van der Waals surface area contributed by atoms with Crippen molar-refractivity contribution in [2.75, 3.05) is 6.61 Å². The van der Waals surface area contributed by atoms with E-state index in [1.807, 2.05) is 100 Å². The minimum absolute atomic E-state index is 0.00616. The molecule has 5 nitrogen and oxygen atoms in total. The molecule has 0 aliphatic carbocycles. The van der Waals surface area contributed by atoms with E-state index in [-0.39, 0.29) is 35.7 Å². The van der Waals surface area contributed by atoms with E-state index in [9.17, 15) is 13.2 Å². The number of carbonyl (C=O) groups is 1. The first-order chi connectivity index (χ1) is 17.9. The van der Waals surface area contributed by atoms with Gasteiger partial charge in [-0.25, -0.2) is 0 Å². The average Bonchev–Trinajstić information content (AvgIpc) is 2.87. The molecule has 3 rings (SSSR count). The standard InChI is InChI=1S/C32H40O5S/c1-22(2)26-20-29(23(3)4)31(30(21-26)24(5)6)38(34,35)36-19-18-32(37-25(7)33,27-14-10-8-11-15-27)28-16-12-9-13-17-28/h8-17,20-24H,18-19H2,1-7H3. The summed E-state index contributed by atoms with van der Waals surface area (Å²) in [6.07, 6.45) is 0.123. The van der Waals surface area contributed by atoms with Gasteiger partial charge in [-0.15, -0.1) is 0 Å². The molecule has 3 aromatic carbocycles. The van der Waals surface area contributed by atoms with Gasteiger partial charge < -0.3 is 4.74 Å². The molecule has 0 N–H and O–H groups in total. The van der Waals surface area contributed by atoms with E-state index in [0.29, 0.717) is 0 Å². The lowest BCUT2D eigenvalue weighted by Gasteiger charge is -2.34. The van der Waals surface area contributed by atoms with Gasteiger partial charge in [-0.2, -0.15) is 8.42 Å². The molecule has 0 unspecified atom stereocenters. The first-order valence-electron chi connectivity index (χ1n) is 13.3. The summed E-state index contributed by atoms with van der Waals surface area (Å²) < 4.78 is 39.4. The number of hydrogen-bond acceptors (Lipinski definition) is 5. The molecule has 6 heteroatoms. The number of rotatable bonds is 11. The maximum absolute atomic E-state index is 13.8.